The maximum atomic E-state index is 10.9. The number of aliphatic hydroxyl groups is 1. The molecule has 0 aromatic heterocycles. The first-order chi connectivity index (χ1) is 7.08. The number of hydrogen-bond donors (Lipinski definition) is 2. The molecule has 0 aliphatic carbocycles. The summed E-state index contributed by atoms with van der Waals surface area (Å²) in [4.78, 5) is 21.5. The van der Waals surface area contributed by atoms with E-state index in [1.165, 1.54) is 14.0 Å². The van der Waals surface area contributed by atoms with Crippen molar-refractivity contribution in [1.82, 2.24) is 5.32 Å². The fourth-order valence-corrected chi connectivity index (χ4v) is 1.56. The van der Waals surface area contributed by atoms with Gasteiger partial charge in [-0.1, -0.05) is 0 Å². The van der Waals surface area contributed by atoms with Crippen molar-refractivity contribution in [3.63, 3.8) is 0 Å². The maximum absolute atomic E-state index is 10.9. The highest BCUT2D eigenvalue weighted by Gasteiger charge is 2.38. The zero-order chi connectivity index (χ0) is 11.4. The molecule has 0 unspecified atom stereocenters. The summed E-state index contributed by atoms with van der Waals surface area (Å²) in [6.45, 7) is 1.35. The van der Waals surface area contributed by atoms with Gasteiger partial charge in [-0.25, -0.2) is 0 Å². The quantitative estimate of drug-likeness (QED) is 0.581. The molecular formula is C9H15NO5. The Hall–Kier alpha value is -0.980. The lowest BCUT2D eigenvalue weighted by atomic mass is 9.99. The fraction of sp³-hybridized carbons (Fsp3) is 0.778. The van der Waals surface area contributed by atoms with E-state index in [-0.39, 0.29) is 5.91 Å². The number of aliphatic hydroxyl groups excluding tert-OH is 1. The number of aldehydes is 1. The lowest BCUT2D eigenvalue weighted by Gasteiger charge is -2.36. The molecule has 15 heavy (non-hydrogen) atoms. The second-order valence-corrected chi connectivity index (χ2v) is 3.44. The summed E-state index contributed by atoms with van der Waals surface area (Å²) >= 11 is 0. The van der Waals surface area contributed by atoms with E-state index in [1.807, 2.05) is 0 Å². The standard InChI is InChI=1S/C9H15NO5/c1-5(12)10-6-3-8(14-2)15-7(4-11)9(6)13/h4,6-9,13H,3H2,1-2H3,(H,10,12)/t6-,7+,8-,9-/m0/s1. The van der Waals surface area contributed by atoms with Crippen LogP contribution in [0.3, 0.4) is 0 Å². The summed E-state index contributed by atoms with van der Waals surface area (Å²) in [5.74, 6) is -0.263. The molecule has 0 aromatic carbocycles. The van der Waals surface area contributed by atoms with Gasteiger partial charge in [-0.3, -0.25) is 4.79 Å². The van der Waals surface area contributed by atoms with Gasteiger partial charge in [0.15, 0.2) is 12.6 Å². The topological polar surface area (TPSA) is 84.9 Å². The third-order valence-electron chi connectivity index (χ3n) is 2.29. The second-order valence-electron chi connectivity index (χ2n) is 3.44. The first-order valence-electron chi connectivity index (χ1n) is 4.67. The Morgan fingerprint density at radius 2 is 2.33 bits per heavy atom. The molecule has 0 radical (unpaired) electrons. The minimum absolute atomic E-state index is 0.263. The average molecular weight is 217 g/mol. The molecular weight excluding hydrogens is 202 g/mol. The van der Waals surface area contributed by atoms with Gasteiger partial charge in [0.2, 0.25) is 5.91 Å². The van der Waals surface area contributed by atoms with Crippen LogP contribution in [0.5, 0.6) is 0 Å². The Balaban J connectivity index is 2.67. The number of amides is 1. The SMILES string of the molecule is CO[C@@H]1C[C@H](NC(C)=O)[C@H](O)[C@@H](C=O)O1. The van der Waals surface area contributed by atoms with E-state index in [4.69, 9.17) is 9.47 Å². The Bertz CT molecular complexity index is 245. The Morgan fingerprint density at radius 1 is 1.67 bits per heavy atom. The van der Waals surface area contributed by atoms with E-state index in [9.17, 15) is 14.7 Å². The summed E-state index contributed by atoms with van der Waals surface area (Å²) in [7, 11) is 1.44. The van der Waals surface area contributed by atoms with Crippen LogP contribution in [0.2, 0.25) is 0 Å². The van der Waals surface area contributed by atoms with Crippen LogP contribution in [0.4, 0.5) is 0 Å². The van der Waals surface area contributed by atoms with Gasteiger partial charge in [0, 0.05) is 20.5 Å². The number of carbonyl (C=O) groups is 2. The fourth-order valence-electron chi connectivity index (χ4n) is 1.56. The number of carbonyl (C=O) groups excluding carboxylic acids is 2. The number of methoxy groups -OCH3 is 1. The van der Waals surface area contributed by atoms with Crippen molar-refractivity contribution >= 4 is 12.2 Å². The first kappa shape index (κ1) is 12.1. The third kappa shape index (κ3) is 2.98. The lowest BCUT2D eigenvalue weighted by molar-refractivity contribution is -0.213. The largest absolute Gasteiger partial charge is 0.388 e. The van der Waals surface area contributed by atoms with Crippen molar-refractivity contribution in [3.8, 4) is 0 Å². The van der Waals surface area contributed by atoms with Crippen molar-refractivity contribution in [2.24, 2.45) is 0 Å². The molecule has 1 rings (SSSR count). The van der Waals surface area contributed by atoms with Gasteiger partial charge in [0.25, 0.3) is 0 Å². The molecule has 86 valence electrons. The van der Waals surface area contributed by atoms with Crippen LogP contribution >= 0.6 is 0 Å². The van der Waals surface area contributed by atoms with E-state index in [0.29, 0.717) is 12.7 Å². The highest BCUT2D eigenvalue weighted by Crippen LogP contribution is 2.19. The van der Waals surface area contributed by atoms with E-state index >= 15 is 0 Å². The van der Waals surface area contributed by atoms with Crippen LogP contribution in [-0.4, -0.2) is 48.9 Å². The van der Waals surface area contributed by atoms with Gasteiger partial charge in [0.05, 0.1) is 6.04 Å². The number of nitrogens with one attached hydrogen (secondary N) is 1. The van der Waals surface area contributed by atoms with Crippen LogP contribution in [-0.2, 0) is 19.1 Å². The molecule has 1 saturated heterocycles. The van der Waals surface area contributed by atoms with Crippen LogP contribution < -0.4 is 5.32 Å². The minimum atomic E-state index is -1.03. The van der Waals surface area contributed by atoms with Gasteiger partial charge in [0.1, 0.15) is 12.2 Å². The number of hydrogen-bond acceptors (Lipinski definition) is 5. The van der Waals surface area contributed by atoms with Crippen molar-refractivity contribution in [3.05, 3.63) is 0 Å². The average Bonchev–Trinajstić information content (AvgIpc) is 2.20. The van der Waals surface area contributed by atoms with Crippen LogP contribution in [0.25, 0.3) is 0 Å². The van der Waals surface area contributed by atoms with E-state index in [2.05, 4.69) is 5.32 Å². The van der Waals surface area contributed by atoms with Crippen molar-refractivity contribution in [2.45, 2.75) is 37.9 Å². The minimum Gasteiger partial charge on any atom is -0.388 e. The Morgan fingerprint density at radius 3 is 2.80 bits per heavy atom. The molecule has 1 amide bonds. The van der Waals surface area contributed by atoms with Crippen LogP contribution in [0.15, 0.2) is 0 Å². The molecule has 0 saturated carbocycles. The molecule has 0 spiro atoms. The molecule has 6 nitrogen and oxygen atoms in total. The summed E-state index contributed by atoms with van der Waals surface area (Å²) in [5, 5.41) is 12.2. The molecule has 0 aromatic rings. The highest BCUT2D eigenvalue weighted by molar-refractivity contribution is 5.73. The first-order valence-corrected chi connectivity index (χ1v) is 4.67. The third-order valence-corrected chi connectivity index (χ3v) is 2.29. The number of ether oxygens (including phenoxy) is 2. The van der Waals surface area contributed by atoms with Crippen LogP contribution in [0.1, 0.15) is 13.3 Å². The van der Waals surface area contributed by atoms with Crippen molar-refractivity contribution in [1.29, 1.82) is 0 Å². The molecule has 6 heteroatoms. The van der Waals surface area contributed by atoms with Gasteiger partial charge >= 0.3 is 0 Å². The van der Waals surface area contributed by atoms with E-state index in [1.54, 1.807) is 0 Å². The van der Waals surface area contributed by atoms with Crippen molar-refractivity contribution in [2.75, 3.05) is 7.11 Å². The summed E-state index contributed by atoms with van der Waals surface area (Å²) < 4.78 is 10.1. The normalized spacial score (nSPS) is 35.9. The van der Waals surface area contributed by atoms with Gasteiger partial charge in [-0.05, 0) is 0 Å². The maximum Gasteiger partial charge on any atom is 0.217 e. The van der Waals surface area contributed by atoms with E-state index < -0.39 is 24.5 Å². The van der Waals surface area contributed by atoms with Crippen molar-refractivity contribution < 1.29 is 24.2 Å². The molecule has 2 N–H and O–H groups in total. The van der Waals surface area contributed by atoms with E-state index in [0.717, 1.165) is 0 Å². The molecule has 0 bridgehead atoms. The monoisotopic (exact) mass is 217 g/mol. The molecule has 1 fully saturated rings. The smallest absolute Gasteiger partial charge is 0.217 e. The zero-order valence-electron chi connectivity index (χ0n) is 8.67. The summed E-state index contributed by atoms with van der Waals surface area (Å²) in [6.07, 6.45) is -1.74. The summed E-state index contributed by atoms with van der Waals surface area (Å²) in [5.41, 5.74) is 0. The molecule has 1 aliphatic heterocycles. The Kier molecular flexibility index (Phi) is 4.19. The van der Waals surface area contributed by atoms with Gasteiger partial charge < -0.3 is 24.7 Å². The van der Waals surface area contributed by atoms with Gasteiger partial charge in [-0.2, -0.15) is 0 Å². The predicted molar refractivity (Wildman–Crippen MR) is 50.0 cm³/mol. The van der Waals surface area contributed by atoms with Gasteiger partial charge in [-0.15, -0.1) is 0 Å². The zero-order valence-corrected chi connectivity index (χ0v) is 8.67. The highest BCUT2D eigenvalue weighted by atomic mass is 16.7. The predicted octanol–water partition coefficient (Wildman–Crippen LogP) is -1.19. The van der Waals surface area contributed by atoms with Crippen LogP contribution in [0, 0.1) is 0 Å². The number of rotatable bonds is 3. The second kappa shape index (κ2) is 5.20. The lowest BCUT2D eigenvalue weighted by Crippen LogP contribution is -2.56. The molecule has 1 aliphatic rings. The Labute approximate surface area is 87.5 Å². The molecule has 4 atom stereocenters. The summed E-state index contributed by atoms with van der Waals surface area (Å²) in [6, 6.07) is -0.517. The molecule has 1 heterocycles.